The Labute approximate surface area is 120 Å². The Morgan fingerprint density at radius 2 is 2.05 bits per heavy atom. The molecule has 0 heterocycles. The summed E-state index contributed by atoms with van der Waals surface area (Å²) in [6, 6.07) is 7.47. The van der Waals surface area contributed by atoms with Crippen LogP contribution in [0.3, 0.4) is 0 Å². The molecule has 0 saturated heterocycles. The van der Waals surface area contributed by atoms with Gasteiger partial charge in [0.05, 0.1) is 0 Å². The van der Waals surface area contributed by atoms with Crippen molar-refractivity contribution in [3.8, 4) is 5.75 Å². The molecule has 2 unspecified atom stereocenters. The van der Waals surface area contributed by atoms with E-state index in [9.17, 15) is 4.79 Å². The van der Waals surface area contributed by atoms with Crippen LogP contribution in [0.15, 0.2) is 24.3 Å². The monoisotopic (exact) mass is 276 g/mol. The maximum Gasteiger partial charge on any atom is 0.260 e. The summed E-state index contributed by atoms with van der Waals surface area (Å²) in [5, 5.41) is 0. The number of nitrogen functional groups attached to an aromatic ring is 1. The molecule has 2 atom stereocenters. The van der Waals surface area contributed by atoms with Crippen LogP contribution in [0, 0.1) is 5.92 Å². The van der Waals surface area contributed by atoms with Crippen LogP contribution in [0.2, 0.25) is 0 Å². The van der Waals surface area contributed by atoms with Crippen molar-refractivity contribution in [1.82, 2.24) is 4.90 Å². The quantitative estimate of drug-likeness (QED) is 0.860. The van der Waals surface area contributed by atoms with Crippen molar-refractivity contribution < 1.29 is 9.53 Å². The number of nitrogens with two attached hydrogens (primary N) is 1. The normalized spacial score (nSPS) is 22.3. The van der Waals surface area contributed by atoms with Crippen molar-refractivity contribution in [1.29, 1.82) is 0 Å². The first-order chi connectivity index (χ1) is 9.56. The lowest BCUT2D eigenvalue weighted by Crippen LogP contribution is -2.42. The smallest absolute Gasteiger partial charge is 0.260 e. The maximum atomic E-state index is 12.2. The number of hydrogen-bond donors (Lipinski definition) is 1. The Morgan fingerprint density at radius 1 is 1.35 bits per heavy atom. The highest BCUT2D eigenvalue weighted by atomic mass is 16.5. The molecule has 110 valence electrons. The lowest BCUT2D eigenvalue weighted by atomic mass is 9.86. The van der Waals surface area contributed by atoms with E-state index in [4.69, 9.17) is 10.5 Å². The van der Waals surface area contributed by atoms with Gasteiger partial charge in [-0.1, -0.05) is 19.8 Å². The van der Waals surface area contributed by atoms with Gasteiger partial charge in [0.25, 0.3) is 5.91 Å². The van der Waals surface area contributed by atoms with Gasteiger partial charge < -0.3 is 15.4 Å². The summed E-state index contributed by atoms with van der Waals surface area (Å²) in [7, 11) is 1.89. The minimum atomic E-state index is 0.0425. The molecule has 4 heteroatoms. The van der Waals surface area contributed by atoms with Gasteiger partial charge >= 0.3 is 0 Å². The highest BCUT2D eigenvalue weighted by Gasteiger charge is 2.25. The van der Waals surface area contributed by atoms with E-state index < -0.39 is 0 Å². The summed E-state index contributed by atoms with van der Waals surface area (Å²) in [4.78, 5) is 14.0. The summed E-state index contributed by atoms with van der Waals surface area (Å²) in [5.74, 6) is 1.43. The molecular weight excluding hydrogens is 252 g/mol. The van der Waals surface area contributed by atoms with Gasteiger partial charge in [0, 0.05) is 18.8 Å². The zero-order chi connectivity index (χ0) is 14.5. The molecule has 0 aromatic heterocycles. The predicted octanol–water partition coefficient (Wildman–Crippen LogP) is 2.68. The number of nitrogens with zero attached hydrogens (tertiary/aromatic N) is 1. The van der Waals surface area contributed by atoms with Crippen molar-refractivity contribution in [3.05, 3.63) is 24.3 Å². The van der Waals surface area contributed by atoms with Crippen molar-refractivity contribution in [3.63, 3.8) is 0 Å². The number of hydrogen-bond acceptors (Lipinski definition) is 3. The number of amides is 1. The molecule has 1 aliphatic rings. The summed E-state index contributed by atoms with van der Waals surface area (Å²) in [6.07, 6.45) is 4.70. The van der Waals surface area contributed by atoms with Gasteiger partial charge in [-0.3, -0.25) is 4.79 Å². The van der Waals surface area contributed by atoms with E-state index >= 15 is 0 Å². The molecule has 1 aromatic carbocycles. The summed E-state index contributed by atoms with van der Waals surface area (Å²) < 4.78 is 5.51. The first-order valence-corrected chi connectivity index (χ1v) is 7.30. The molecule has 1 aliphatic carbocycles. The first-order valence-electron chi connectivity index (χ1n) is 7.30. The third kappa shape index (κ3) is 3.89. The standard InChI is InChI=1S/C16H24N2O2/c1-12-4-3-5-14(10-12)18(2)16(19)11-20-15-8-6-13(17)7-9-15/h6-9,12,14H,3-5,10-11,17H2,1-2H3. The predicted molar refractivity (Wildman–Crippen MR) is 80.5 cm³/mol. The highest BCUT2D eigenvalue weighted by Crippen LogP contribution is 2.26. The average Bonchev–Trinajstić information content (AvgIpc) is 2.45. The van der Waals surface area contributed by atoms with Crippen LogP contribution >= 0.6 is 0 Å². The second kappa shape index (κ2) is 6.64. The van der Waals surface area contributed by atoms with Gasteiger partial charge in [-0.25, -0.2) is 0 Å². The maximum absolute atomic E-state index is 12.2. The van der Waals surface area contributed by atoms with Gasteiger partial charge in [0.15, 0.2) is 6.61 Å². The molecule has 4 nitrogen and oxygen atoms in total. The SMILES string of the molecule is CC1CCCC(N(C)C(=O)COc2ccc(N)cc2)C1. The van der Waals surface area contributed by atoms with Crippen LogP contribution in [0.1, 0.15) is 32.6 Å². The summed E-state index contributed by atoms with van der Waals surface area (Å²) in [6.45, 7) is 2.35. The number of rotatable bonds is 4. The fraction of sp³-hybridized carbons (Fsp3) is 0.562. The molecule has 0 radical (unpaired) electrons. The van der Waals surface area contributed by atoms with Crippen LogP contribution in [-0.4, -0.2) is 30.5 Å². The second-order valence-electron chi connectivity index (χ2n) is 5.79. The van der Waals surface area contributed by atoms with Gasteiger partial charge in [-0.05, 0) is 43.0 Å². The van der Waals surface area contributed by atoms with Crippen molar-refractivity contribution in [2.75, 3.05) is 19.4 Å². The van der Waals surface area contributed by atoms with E-state index in [1.807, 2.05) is 11.9 Å². The summed E-state index contributed by atoms with van der Waals surface area (Å²) in [5.41, 5.74) is 6.30. The number of likely N-dealkylation sites (N-methyl/N-ethyl adjacent to an activating group) is 1. The van der Waals surface area contributed by atoms with E-state index in [1.165, 1.54) is 12.8 Å². The highest BCUT2D eigenvalue weighted by molar-refractivity contribution is 5.77. The molecule has 1 aromatic rings. The Balaban J connectivity index is 1.83. The third-order valence-corrected chi connectivity index (χ3v) is 4.09. The van der Waals surface area contributed by atoms with Gasteiger partial charge in [0.1, 0.15) is 5.75 Å². The largest absolute Gasteiger partial charge is 0.484 e. The van der Waals surface area contributed by atoms with Crippen molar-refractivity contribution >= 4 is 11.6 Å². The molecule has 0 spiro atoms. The van der Waals surface area contributed by atoms with Crippen LogP contribution in [0.25, 0.3) is 0 Å². The minimum Gasteiger partial charge on any atom is -0.484 e. The fourth-order valence-electron chi connectivity index (χ4n) is 2.77. The molecule has 2 N–H and O–H groups in total. The third-order valence-electron chi connectivity index (χ3n) is 4.09. The van der Waals surface area contributed by atoms with Crippen LogP contribution in [0.4, 0.5) is 5.69 Å². The Kier molecular flexibility index (Phi) is 4.88. The van der Waals surface area contributed by atoms with Crippen LogP contribution in [-0.2, 0) is 4.79 Å². The van der Waals surface area contributed by atoms with E-state index in [1.54, 1.807) is 24.3 Å². The second-order valence-corrected chi connectivity index (χ2v) is 5.79. The van der Waals surface area contributed by atoms with E-state index in [0.29, 0.717) is 23.4 Å². The summed E-state index contributed by atoms with van der Waals surface area (Å²) >= 11 is 0. The van der Waals surface area contributed by atoms with Crippen molar-refractivity contribution in [2.45, 2.75) is 38.6 Å². The van der Waals surface area contributed by atoms with Crippen molar-refractivity contribution in [2.24, 2.45) is 5.92 Å². The van der Waals surface area contributed by atoms with Gasteiger partial charge in [-0.2, -0.15) is 0 Å². The number of carbonyl (C=O) groups is 1. The van der Waals surface area contributed by atoms with Crippen LogP contribution < -0.4 is 10.5 Å². The van der Waals surface area contributed by atoms with Gasteiger partial charge in [0.2, 0.25) is 0 Å². The molecular formula is C16H24N2O2. The number of carbonyl (C=O) groups excluding carboxylic acids is 1. The number of ether oxygens (including phenoxy) is 1. The Bertz CT molecular complexity index is 444. The van der Waals surface area contributed by atoms with E-state index in [2.05, 4.69) is 6.92 Å². The zero-order valence-corrected chi connectivity index (χ0v) is 12.3. The number of anilines is 1. The molecule has 2 rings (SSSR count). The molecule has 1 saturated carbocycles. The lowest BCUT2D eigenvalue weighted by Gasteiger charge is -2.34. The average molecular weight is 276 g/mol. The number of benzene rings is 1. The topological polar surface area (TPSA) is 55.6 Å². The first kappa shape index (κ1) is 14.7. The molecule has 1 fully saturated rings. The molecule has 20 heavy (non-hydrogen) atoms. The molecule has 0 bridgehead atoms. The van der Waals surface area contributed by atoms with Gasteiger partial charge in [-0.15, -0.1) is 0 Å². The molecule has 1 amide bonds. The Morgan fingerprint density at radius 3 is 2.70 bits per heavy atom. The zero-order valence-electron chi connectivity index (χ0n) is 12.3. The van der Waals surface area contributed by atoms with Crippen LogP contribution in [0.5, 0.6) is 5.75 Å². The fourth-order valence-corrected chi connectivity index (χ4v) is 2.77. The lowest BCUT2D eigenvalue weighted by molar-refractivity contribution is -0.135. The van der Waals surface area contributed by atoms with E-state index in [-0.39, 0.29) is 12.5 Å². The molecule has 0 aliphatic heterocycles. The Hall–Kier alpha value is -1.71. The van der Waals surface area contributed by atoms with E-state index in [0.717, 1.165) is 12.8 Å². The minimum absolute atomic E-state index is 0.0425.